The zero-order chi connectivity index (χ0) is 15.0. The highest BCUT2D eigenvalue weighted by Gasteiger charge is 2.40. The largest absolute Gasteiger partial charge is 0.315 e. The van der Waals surface area contributed by atoms with Crippen LogP contribution in [0.5, 0.6) is 0 Å². The molecule has 5 heteroatoms. The van der Waals surface area contributed by atoms with Crippen LogP contribution in [0.25, 0.3) is 0 Å². The third-order valence-corrected chi connectivity index (χ3v) is 5.29. The fourth-order valence-electron chi connectivity index (χ4n) is 3.01. The maximum Gasteiger partial charge on any atom is 0.123 e. The first-order valence-electron chi connectivity index (χ1n) is 7.23. The van der Waals surface area contributed by atoms with Crippen molar-refractivity contribution in [2.45, 2.75) is 25.2 Å². The van der Waals surface area contributed by atoms with Crippen LogP contribution in [0.3, 0.4) is 0 Å². The monoisotopic (exact) mass is 351 g/mol. The summed E-state index contributed by atoms with van der Waals surface area (Å²) in [6, 6.07) is 6.97. The van der Waals surface area contributed by atoms with E-state index in [1.54, 1.807) is 12.1 Å². The highest BCUT2D eigenvalue weighted by atomic mass is 79.9. The zero-order valence-corrected chi connectivity index (χ0v) is 13.9. The van der Waals surface area contributed by atoms with Crippen LogP contribution >= 0.6 is 15.9 Å². The first-order chi connectivity index (χ1) is 10.1. The lowest BCUT2D eigenvalue weighted by Gasteiger charge is -2.43. The molecule has 21 heavy (non-hydrogen) atoms. The van der Waals surface area contributed by atoms with Gasteiger partial charge < -0.3 is 5.32 Å². The van der Waals surface area contributed by atoms with Gasteiger partial charge in [0, 0.05) is 32.0 Å². The standard InChI is InChI=1S/C16H19BrFN3/c1-3-13-15(17)14(21(2)20-13)8-16(9-19-10-16)11-5-4-6-12(18)7-11/h4-7,19H,3,8-10H2,1-2H3. The Bertz CT molecular complexity index is 662. The van der Waals surface area contributed by atoms with Crippen molar-refractivity contribution in [1.29, 1.82) is 0 Å². The molecule has 0 amide bonds. The van der Waals surface area contributed by atoms with Crippen LogP contribution < -0.4 is 5.32 Å². The Hall–Kier alpha value is -1.20. The van der Waals surface area contributed by atoms with E-state index in [2.05, 4.69) is 33.3 Å². The number of nitrogens with one attached hydrogen (secondary N) is 1. The van der Waals surface area contributed by atoms with Gasteiger partial charge in [-0.2, -0.15) is 5.10 Å². The summed E-state index contributed by atoms with van der Waals surface area (Å²) in [6.07, 6.45) is 1.76. The van der Waals surface area contributed by atoms with Crippen LogP contribution in [-0.4, -0.2) is 22.9 Å². The van der Waals surface area contributed by atoms with Crippen LogP contribution in [0.15, 0.2) is 28.7 Å². The summed E-state index contributed by atoms with van der Waals surface area (Å²) in [5.41, 5.74) is 3.28. The van der Waals surface area contributed by atoms with E-state index in [9.17, 15) is 4.39 Å². The van der Waals surface area contributed by atoms with Gasteiger partial charge in [0.15, 0.2) is 0 Å². The highest BCUT2D eigenvalue weighted by Crippen LogP contribution is 2.35. The molecule has 0 atom stereocenters. The Kier molecular flexibility index (Phi) is 3.88. The predicted octanol–water partition coefficient (Wildman–Crippen LogP) is 2.97. The third-order valence-electron chi connectivity index (χ3n) is 4.37. The molecular formula is C16H19BrFN3. The average molecular weight is 352 g/mol. The van der Waals surface area contributed by atoms with E-state index < -0.39 is 0 Å². The zero-order valence-electron chi connectivity index (χ0n) is 12.3. The molecule has 0 aliphatic carbocycles. The van der Waals surface area contributed by atoms with Crippen molar-refractivity contribution in [2.75, 3.05) is 13.1 Å². The Morgan fingerprint density at radius 3 is 2.71 bits per heavy atom. The van der Waals surface area contributed by atoms with Gasteiger partial charge in [-0.3, -0.25) is 4.68 Å². The molecule has 0 bridgehead atoms. The topological polar surface area (TPSA) is 29.9 Å². The third kappa shape index (κ3) is 2.53. The first kappa shape index (κ1) is 14.7. The molecule has 0 saturated carbocycles. The first-order valence-corrected chi connectivity index (χ1v) is 8.02. The molecule has 1 N–H and O–H groups in total. The van der Waals surface area contributed by atoms with Crippen LogP contribution in [0.1, 0.15) is 23.9 Å². The molecule has 0 spiro atoms. The maximum absolute atomic E-state index is 13.6. The second-order valence-electron chi connectivity index (χ2n) is 5.76. The van der Waals surface area contributed by atoms with E-state index >= 15 is 0 Å². The molecule has 1 aromatic heterocycles. The summed E-state index contributed by atoms with van der Waals surface area (Å²) >= 11 is 3.68. The van der Waals surface area contributed by atoms with Crippen LogP contribution in [0.4, 0.5) is 4.39 Å². The molecule has 2 aromatic rings. The molecule has 1 saturated heterocycles. The van der Waals surface area contributed by atoms with Gasteiger partial charge in [0.2, 0.25) is 0 Å². The summed E-state index contributed by atoms with van der Waals surface area (Å²) < 4.78 is 16.6. The molecule has 0 radical (unpaired) electrons. The maximum atomic E-state index is 13.6. The molecule has 1 aliphatic heterocycles. The summed E-state index contributed by atoms with van der Waals surface area (Å²) in [4.78, 5) is 0. The van der Waals surface area contributed by atoms with Crippen molar-refractivity contribution in [3.05, 3.63) is 51.5 Å². The van der Waals surface area contributed by atoms with Crippen molar-refractivity contribution in [1.82, 2.24) is 15.1 Å². The number of rotatable bonds is 4. The number of hydrogen-bond acceptors (Lipinski definition) is 2. The van der Waals surface area contributed by atoms with Crippen molar-refractivity contribution in [3.8, 4) is 0 Å². The minimum absolute atomic E-state index is 0.0383. The molecule has 1 aliphatic rings. The highest BCUT2D eigenvalue weighted by molar-refractivity contribution is 9.10. The summed E-state index contributed by atoms with van der Waals surface area (Å²) in [7, 11) is 1.98. The number of aryl methyl sites for hydroxylation is 2. The van der Waals surface area contributed by atoms with E-state index in [4.69, 9.17) is 0 Å². The lowest BCUT2D eigenvalue weighted by molar-refractivity contribution is 0.268. The normalized spacial score (nSPS) is 16.8. The molecule has 2 heterocycles. The molecule has 0 unspecified atom stereocenters. The van der Waals surface area contributed by atoms with E-state index in [-0.39, 0.29) is 11.2 Å². The van der Waals surface area contributed by atoms with Gasteiger partial charge in [0.05, 0.1) is 15.9 Å². The quantitative estimate of drug-likeness (QED) is 0.917. The summed E-state index contributed by atoms with van der Waals surface area (Å²) in [5, 5.41) is 7.89. The van der Waals surface area contributed by atoms with Gasteiger partial charge in [-0.25, -0.2) is 4.39 Å². The number of hydrogen-bond donors (Lipinski definition) is 1. The molecule has 3 nitrogen and oxygen atoms in total. The SMILES string of the molecule is CCc1nn(C)c(CC2(c3cccc(F)c3)CNC2)c1Br. The van der Waals surface area contributed by atoms with E-state index in [1.807, 2.05) is 17.8 Å². The van der Waals surface area contributed by atoms with Crippen LogP contribution in [-0.2, 0) is 25.3 Å². The van der Waals surface area contributed by atoms with Gasteiger partial charge in [-0.15, -0.1) is 0 Å². The van der Waals surface area contributed by atoms with Crippen molar-refractivity contribution < 1.29 is 4.39 Å². The number of benzene rings is 1. The number of nitrogens with zero attached hydrogens (tertiary/aromatic N) is 2. The smallest absolute Gasteiger partial charge is 0.123 e. The minimum Gasteiger partial charge on any atom is -0.315 e. The second kappa shape index (κ2) is 5.54. The van der Waals surface area contributed by atoms with Crippen molar-refractivity contribution >= 4 is 15.9 Å². The number of aromatic nitrogens is 2. The number of halogens is 2. The van der Waals surface area contributed by atoms with Gasteiger partial charge in [0.1, 0.15) is 5.82 Å². The van der Waals surface area contributed by atoms with E-state index in [1.165, 1.54) is 11.8 Å². The summed E-state index contributed by atoms with van der Waals surface area (Å²) in [6.45, 7) is 3.84. The predicted molar refractivity (Wildman–Crippen MR) is 84.9 cm³/mol. The minimum atomic E-state index is -0.169. The molecule has 1 fully saturated rings. The summed E-state index contributed by atoms with van der Waals surface area (Å²) in [5.74, 6) is -0.169. The van der Waals surface area contributed by atoms with Gasteiger partial charge in [-0.1, -0.05) is 19.1 Å². The molecular weight excluding hydrogens is 333 g/mol. The fraction of sp³-hybridized carbons (Fsp3) is 0.438. The van der Waals surface area contributed by atoms with Gasteiger partial charge >= 0.3 is 0 Å². The Balaban J connectivity index is 1.97. The van der Waals surface area contributed by atoms with Crippen LogP contribution in [0, 0.1) is 5.82 Å². The Labute approximate surface area is 132 Å². The lowest BCUT2D eigenvalue weighted by atomic mass is 9.72. The Morgan fingerprint density at radius 1 is 1.43 bits per heavy atom. The van der Waals surface area contributed by atoms with E-state index in [0.29, 0.717) is 0 Å². The fourth-order valence-corrected chi connectivity index (χ4v) is 3.77. The average Bonchev–Trinajstić information content (AvgIpc) is 2.69. The van der Waals surface area contributed by atoms with E-state index in [0.717, 1.165) is 41.7 Å². The molecule has 112 valence electrons. The van der Waals surface area contributed by atoms with Gasteiger partial charge in [0.25, 0.3) is 0 Å². The van der Waals surface area contributed by atoms with Crippen LogP contribution in [0.2, 0.25) is 0 Å². The molecule has 1 aromatic carbocycles. The van der Waals surface area contributed by atoms with Crippen molar-refractivity contribution in [3.63, 3.8) is 0 Å². The second-order valence-corrected chi connectivity index (χ2v) is 6.55. The lowest BCUT2D eigenvalue weighted by Crippen LogP contribution is -2.58. The molecule has 3 rings (SSSR count). The van der Waals surface area contributed by atoms with Gasteiger partial charge in [-0.05, 0) is 40.0 Å². The van der Waals surface area contributed by atoms with Crippen molar-refractivity contribution in [2.24, 2.45) is 7.05 Å². The Morgan fingerprint density at radius 2 is 2.19 bits per heavy atom.